The Bertz CT molecular complexity index is 379. The summed E-state index contributed by atoms with van der Waals surface area (Å²) in [6.45, 7) is 4.23. The molecule has 0 aliphatic rings. The molecule has 0 amide bonds. The Labute approximate surface area is 78.6 Å². The van der Waals surface area contributed by atoms with E-state index in [1.165, 1.54) is 16.8 Å². The summed E-state index contributed by atoms with van der Waals surface area (Å²) in [6, 6.07) is 11.5. The van der Waals surface area contributed by atoms with E-state index in [9.17, 15) is 0 Å². The fourth-order valence-corrected chi connectivity index (χ4v) is 1.55. The number of nitrogens with zero attached hydrogens (tertiary/aromatic N) is 1. The fourth-order valence-electron chi connectivity index (χ4n) is 1.55. The summed E-state index contributed by atoms with van der Waals surface area (Å²) in [5.74, 6) is 0. The molecule has 13 heavy (non-hydrogen) atoms. The van der Waals surface area contributed by atoms with Crippen LogP contribution in [0.5, 0.6) is 0 Å². The first-order chi connectivity index (χ1) is 6.25. The third-order valence-corrected chi connectivity index (χ3v) is 2.05. The van der Waals surface area contributed by atoms with E-state index in [-0.39, 0.29) is 0 Å². The summed E-state index contributed by atoms with van der Waals surface area (Å²) in [5.41, 5.74) is 3.80. The molecule has 0 aliphatic carbocycles. The lowest BCUT2D eigenvalue weighted by molar-refractivity contribution is 1.07. The summed E-state index contributed by atoms with van der Waals surface area (Å²) in [4.78, 5) is 0. The molecule has 0 spiro atoms. The van der Waals surface area contributed by atoms with Gasteiger partial charge in [0.25, 0.3) is 0 Å². The van der Waals surface area contributed by atoms with Crippen molar-refractivity contribution in [1.82, 2.24) is 4.57 Å². The van der Waals surface area contributed by atoms with E-state index in [0.717, 1.165) is 0 Å². The van der Waals surface area contributed by atoms with Crippen LogP contribution in [0.2, 0.25) is 0 Å². The monoisotopic (exact) mass is 170 g/mol. The number of aryl methyl sites for hydroxylation is 2. The highest BCUT2D eigenvalue weighted by Crippen LogP contribution is 2.13. The van der Waals surface area contributed by atoms with Gasteiger partial charge in [-0.2, -0.15) is 0 Å². The SMILES string of the molecule is Cc1cc(C)cc(-n2c[c]cc2)c1. The molecule has 0 aliphatic heterocycles. The number of rotatable bonds is 1. The Morgan fingerprint density at radius 3 is 2.31 bits per heavy atom. The van der Waals surface area contributed by atoms with Crippen molar-refractivity contribution in [2.75, 3.05) is 0 Å². The van der Waals surface area contributed by atoms with E-state index in [1.54, 1.807) is 0 Å². The molecule has 2 rings (SSSR count). The minimum absolute atomic E-state index is 1.21. The Kier molecular flexibility index (Phi) is 1.93. The van der Waals surface area contributed by atoms with E-state index < -0.39 is 0 Å². The van der Waals surface area contributed by atoms with Crippen LogP contribution in [0.25, 0.3) is 5.69 Å². The average Bonchev–Trinajstić information content (AvgIpc) is 2.53. The zero-order valence-corrected chi connectivity index (χ0v) is 7.91. The molecule has 1 nitrogen and oxygen atoms in total. The first-order valence-electron chi connectivity index (χ1n) is 4.38. The van der Waals surface area contributed by atoms with Gasteiger partial charge >= 0.3 is 0 Å². The van der Waals surface area contributed by atoms with Gasteiger partial charge in [-0.1, -0.05) is 6.07 Å². The van der Waals surface area contributed by atoms with Crippen molar-refractivity contribution in [2.45, 2.75) is 13.8 Å². The molecule has 0 fully saturated rings. The predicted molar refractivity (Wildman–Crippen MR) is 54.1 cm³/mol. The molecule has 0 N–H and O–H groups in total. The fraction of sp³-hybridized carbons (Fsp3) is 0.167. The largest absolute Gasteiger partial charge is 0.323 e. The smallest absolute Gasteiger partial charge is 0.0454 e. The summed E-state index contributed by atoms with van der Waals surface area (Å²) < 4.78 is 2.07. The van der Waals surface area contributed by atoms with E-state index in [2.05, 4.69) is 42.7 Å². The van der Waals surface area contributed by atoms with E-state index >= 15 is 0 Å². The molecule has 0 saturated carbocycles. The van der Waals surface area contributed by atoms with E-state index in [0.29, 0.717) is 0 Å². The average molecular weight is 170 g/mol. The minimum Gasteiger partial charge on any atom is -0.323 e. The van der Waals surface area contributed by atoms with Crippen LogP contribution in [0.15, 0.2) is 36.7 Å². The van der Waals surface area contributed by atoms with Crippen LogP contribution < -0.4 is 0 Å². The Morgan fingerprint density at radius 2 is 1.77 bits per heavy atom. The lowest BCUT2D eigenvalue weighted by atomic mass is 10.1. The van der Waals surface area contributed by atoms with Crippen molar-refractivity contribution in [2.24, 2.45) is 0 Å². The number of hydrogen-bond acceptors (Lipinski definition) is 0. The molecular formula is C12H12N. The zero-order chi connectivity index (χ0) is 9.26. The molecule has 0 atom stereocenters. The first-order valence-corrected chi connectivity index (χ1v) is 4.38. The first kappa shape index (κ1) is 8.11. The van der Waals surface area contributed by atoms with Crippen LogP contribution in [0.4, 0.5) is 0 Å². The molecular weight excluding hydrogens is 158 g/mol. The third kappa shape index (κ3) is 1.64. The van der Waals surface area contributed by atoms with Crippen molar-refractivity contribution >= 4 is 0 Å². The minimum atomic E-state index is 1.21. The van der Waals surface area contributed by atoms with Crippen LogP contribution in [-0.4, -0.2) is 4.57 Å². The normalized spacial score (nSPS) is 10.3. The molecule has 65 valence electrons. The third-order valence-electron chi connectivity index (χ3n) is 2.05. The maximum Gasteiger partial charge on any atom is 0.0454 e. The highest BCUT2D eigenvalue weighted by Gasteiger charge is 1.96. The molecule has 0 saturated heterocycles. The van der Waals surface area contributed by atoms with Crippen molar-refractivity contribution in [3.8, 4) is 5.69 Å². The topological polar surface area (TPSA) is 4.93 Å². The Hall–Kier alpha value is -1.50. The highest BCUT2D eigenvalue weighted by atomic mass is 14.9. The molecule has 0 bridgehead atoms. The molecule has 1 heteroatoms. The zero-order valence-electron chi connectivity index (χ0n) is 7.91. The predicted octanol–water partition coefficient (Wildman–Crippen LogP) is 2.89. The molecule has 0 unspecified atom stereocenters. The van der Waals surface area contributed by atoms with Crippen molar-refractivity contribution in [3.05, 3.63) is 53.9 Å². The highest BCUT2D eigenvalue weighted by molar-refractivity contribution is 5.39. The van der Waals surface area contributed by atoms with Crippen molar-refractivity contribution < 1.29 is 0 Å². The van der Waals surface area contributed by atoms with Gasteiger partial charge in [-0.25, -0.2) is 0 Å². The van der Waals surface area contributed by atoms with Gasteiger partial charge < -0.3 is 4.57 Å². The Balaban J connectivity index is 2.53. The molecule has 2 aromatic rings. The molecule has 1 heterocycles. The lowest BCUT2D eigenvalue weighted by Gasteiger charge is -2.05. The van der Waals surface area contributed by atoms with Gasteiger partial charge in [0.05, 0.1) is 0 Å². The second-order valence-corrected chi connectivity index (χ2v) is 3.36. The van der Waals surface area contributed by atoms with Crippen LogP contribution in [-0.2, 0) is 0 Å². The van der Waals surface area contributed by atoms with Gasteiger partial charge in [0.15, 0.2) is 0 Å². The van der Waals surface area contributed by atoms with Gasteiger partial charge in [0.1, 0.15) is 0 Å². The van der Waals surface area contributed by atoms with Crippen LogP contribution in [0, 0.1) is 19.9 Å². The van der Waals surface area contributed by atoms with Crippen molar-refractivity contribution in [1.29, 1.82) is 0 Å². The van der Waals surface area contributed by atoms with Crippen LogP contribution in [0.1, 0.15) is 11.1 Å². The maximum atomic E-state index is 3.03. The standard InChI is InChI=1S/C12H12N/c1-10-7-11(2)9-12(8-10)13-5-3-4-6-13/h3,5-9H,1-2H3. The molecule has 1 aromatic carbocycles. The summed E-state index contributed by atoms with van der Waals surface area (Å²) in [6.07, 6.45) is 3.95. The van der Waals surface area contributed by atoms with E-state index in [4.69, 9.17) is 0 Å². The molecule has 1 radical (unpaired) electrons. The quantitative estimate of drug-likeness (QED) is 0.620. The van der Waals surface area contributed by atoms with Gasteiger partial charge in [0, 0.05) is 24.1 Å². The molecule has 1 aromatic heterocycles. The van der Waals surface area contributed by atoms with Crippen LogP contribution in [0.3, 0.4) is 0 Å². The van der Waals surface area contributed by atoms with Crippen LogP contribution >= 0.6 is 0 Å². The number of hydrogen-bond donors (Lipinski definition) is 0. The second kappa shape index (κ2) is 3.09. The van der Waals surface area contributed by atoms with Gasteiger partial charge in [-0.05, 0) is 43.2 Å². The number of aromatic nitrogens is 1. The lowest BCUT2D eigenvalue weighted by Crippen LogP contribution is -1.91. The van der Waals surface area contributed by atoms with E-state index in [1.807, 2.05) is 18.5 Å². The summed E-state index contributed by atoms with van der Waals surface area (Å²) in [7, 11) is 0. The summed E-state index contributed by atoms with van der Waals surface area (Å²) >= 11 is 0. The van der Waals surface area contributed by atoms with Gasteiger partial charge in [-0.15, -0.1) is 0 Å². The Morgan fingerprint density at radius 1 is 1.08 bits per heavy atom. The summed E-state index contributed by atoms with van der Waals surface area (Å²) in [5, 5.41) is 0. The maximum absolute atomic E-state index is 3.03. The second-order valence-electron chi connectivity index (χ2n) is 3.36. The van der Waals surface area contributed by atoms with Crippen molar-refractivity contribution in [3.63, 3.8) is 0 Å². The number of benzene rings is 1. The van der Waals surface area contributed by atoms with Gasteiger partial charge in [0.2, 0.25) is 0 Å². The van der Waals surface area contributed by atoms with Gasteiger partial charge in [-0.3, -0.25) is 0 Å².